The number of rotatable bonds is 7. The quantitative estimate of drug-likeness (QED) is 0.819. The molecule has 0 radical (unpaired) electrons. The maximum atomic E-state index is 12.1. The van der Waals surface area contributed by atoms with E-state index in [-0.39, 0.29) is 5.91 Å². The third kappa shape index (κ3) is 4.56. The summed E-state index contributed by atoms with van der Waals surface area (Å²) in [6.45, 7) is 7.99. The fourth-order valence-electron chi connectivity index (χ4n) is 1.94. The number of benzene rings is 1. The molecular weight excluding hydrogens is 240 g/mol. The molecule has 1 rings (SSSR count). The molecule has 0 saturated heterocycles. The fourth-order valence-corrected chi connectivity index (χ4v) is 1.94. The molecule has 1 N–H and O–H groups in total. The van der Waals surface area contributed by atoms with Crippen LogP contribution in [-0.4, -0.2) is 37.0 Å². The average Bonchev–Trinajstić information content (AvgIpc) is 2.42. The van der Waals surface area contributed by atoms with Crippen LogP contribution < -0.4 is 10.1 Å². The highest BCUT2D eigenvalue weighted by molar-refractivity contribution is 5.80. The Morgan fingerprint density at radius 1 is 1.26 bits per heavy atom. The maximum Gasteiger partial charge on any atom is 0.263 e. The average molecular weight is 264 g/mol. The molecular formula is C15H24N2O2. The molecule has 1 aromatic carbocycles. The van der Waals surface area contributed by atoms with Crippen molar-refractivity contribution in [1.29, 1.82) is 0 Å². The Hall–Kier alpha value is -1.55. The van der Waals surface area contributed by atoms with E-state index in [9.17, 15) is 4.79 Å². The second-order valence-corrected chi connectivity index (χ2v) is 4.44. The van der Waals surface area contributed by atoms with Crippen LogP contribution in [0, 0.1) is 0 Å². The molecule has 0 aliphatic heterocycles. The van der Waals surface area contributed by atoms with Gasteiger partial charge in [-0.05, 0) is 45.5 Å². The summed E-state index contributed by atoms with van der Waals surface area (Å²) < 4.78 is 5.68. The third-order valence-electron chi connectivity index (χ3n) is 3.04. The molecule has 4 nitrogen and oxygen atoms in total. The number of hydrogen-bond acceptors (Lipinski definition) is 3. The highest BCUT2D eigenvalue weighted by Crippen LogP contribution is 2.14. The van der Waals surface area contributed by atoms with E-state index in [1.165, 1.54) is 5.56 Å². The van der Waals surface area contributed by atoms with Crippen LogP contribution >= 0.6 is 0 Å². The zero-order valence-corrected chi connectivity index (χ0v) is 12.3. The van der Waals surface area contributed by atoms with Crippen molar-refractivity contribution in [2.24, 2.45) is 0 Å². The minimum atomic E-state index is -0.449. The molecule has 0 heterocycles. The Bertz CT molecular complexity index is 386. The van der Waals surface area contributed by atoms with Gasteiger partial charge in [0.1, 0.15) is 5.75 Å². The van der Waals surface area contributed by atoms with E-state index in [2.05, 4.69) is 5.32 Å². The molecule has 1 aromatic rings. The molecule has 0 bridgehead atoms. The molecule has 1 atom stereocenters. The monoisotopic (exact) mass is 264 g/mol. The first-order valence-corrected chi connectivity index (χ1v) is 6.81. The molecule has 0 fully saturated rings. The predicted octanol–water partition coefficient (Wildman–Crippen LogP) is 2.04. The Labute approximate surface area is 115 Å². The molecule has 1 amide bonds. The van der Waals surface area contributed by atoms with E-state index in [1.807, 2.05) is 45.2 Å². The van der Waals surface area contributed by atoms with Gasteiger partial charge in [0.25, 0.3) is 5.91 Å². The van der Waals surface area contributed by atoms with Gasteiger partial charge in [-0.15, -0.1) is 0 Å². The van der Waals surface area contributed by atoms with Crippen LogP contribution in [0.5, 0.6) is 5.75 Å². The van der Waals surface area contributed by atoms with Gasteiger partial charge in [-0.1, -0.05) is 12.1 Å². The van der Waals surface area contributed by atoms with Gasteiger partial charge in [0.15, 0.2) is 6.10 Å². The molecule has 0 aliphatic rings. The van der Waals surface area contributed by atoms with E-state index in [0.29, 0.717) is 13.1 Å². The van der Waals surface area contributed by atoms with Gasteiger partial charge in [-0.2, -0.15) is 0 Å². The smallest absolute Gasteiger partial charge is 0.263 e. The largest absolute Gasteiger partial charge is 0.481 e. The molecule has 106 valence electrons. The number of nitrogens with zero attached hydrogens (tertiary/aromatic N) is 1. The number of likely N-dealkylation sites (N-methyl/N-ethyl adjacent to an activating group) is 1. The number of amides is 1. The number of ether oxygens (including phenoxy) is 1. The van der Waals surface area contributed by atoms with Crippen LogP contribution in [0.1, 0.15) is 26.3 Å². The van der Waals surface area contributed by atoms with E-state index in [4.69, 9.17) is 4.74 Å². The van der Waals surface area contributed by atoms with Crippen molar-refractivity contribution in [2.75, 3.05) is 20.1 Å². The first-order valence-electron chi connectivity index (χ1n) is 6.81. The van der Waals surface area contributed by atoms with Crippen LogP contribution in [0.15, 0.2) is 24.3 Å². The highest BCUT2D eigenvalue weighted by atomic mass is 16.5. The topological polar surface area (TPSA) is 41.6 Å². The molecule has 19 heavy (non-hydrogen) atoms. The van der Waals surface area contributed by atoms with Crippen molar-refractivity contribution in [3.63, 3.8) is 0 Å². The van der Waals surface area contributed by atoms with E-state index in [0.717, 1.165) is 12.3 Å². The summed E-state index contributed by atoms with van der Waals surface area (Å²) >= 11 is 0. The van der Waals surface area contributed by atoms with Crippen molar-refractivity contribution in [3.05, 3.63) is 29.8 Å². The van der Waals surface area contributed by atoms with Gasteiger partial charge in [0, 0.05) is 19.6 Å². The molecule has 0 spiro atoms. The molecule has 0 saturated carbocycles. The summed E-state index contributed by atoms with van der Waals surface area (Å²) in [5.41, 5.74) is 1.19. The van der Waals surface area contributed by atoms with Crippen molar-refractivity contribution in [1.82, 2.24) is 10.2 Å². The second kappa shape index (κ2) is 7.79. The predicted molar refractivity (Wildman–Crippen MR) is 77.2 cm³/mol. The van der Waals surface area contributed by atoms with E-state index in [1.54, 1.807) is 11.8 Å². The van der Waals surface area contributed by atoms with Gasteiger partial charge in [-0.25, -0.2) is 0 Å². The number of carbonyl (C=O) groups is 1. The van der Waals surface area contributed by atoms with Gasteiger partial charge < -0.3 is 15.0 Å². The lowest BCUT2D eigenvalue weighted by Crippen LogP contribution is -2.40. The summed E-state index contributed by atoms with van der Waals surface area (Å²) in [5, 5.41) is 3.09. The Morgan fingerprint density at radius 3 is 2.32 bits per heavy atom. The Morgan fingerprint density at radius 2 is 1.84 bits per heavy atom. The lowest BCUT2D eigenvalue weighted by Gasteiger charge is -2.23. The lowest BCUT2D eigenvalue weighted by molar-refractivity contribution is -0.137. The van der Waals surface area contributed by atoms with Crippen LogP contribution in [-0.2, 0) is 11.3 Å². The Balaban J connectivity index is 2.60. The third-order valence-corrected chi connectivity index (χ3v) is 3.04. The van der Waals surface area contributed by atoms with Crippen molar-refractivity contribution < 1.29 is 9.53 Å². The van der Waals surface area contributed by atoms with Gasteiger partial charge in [0.05, 0.1) is 0 Å². The number of hydrogen-bond donors (Lipinski definition) is 1. The standard InChI is InChI=1S/C15H24N2O2/c1-5-17(6-2)15(18)12(3)19-14-9-7-13(8-10-14)11-16-4/h7-10,12,16H,5-6,11H2,1-4H3. The first-order chi connectivity index (χ1) is 9.12. The molecule has 0 aliphatic carbocycles. The van der Waals surface area contributed by atoms with Crippen LogP contribution in [0.3, 0.4) is 0 Å². The second-order valence-electron chi connectivity index (χ2n) is 4.44. The first kappa shape index (κ1) is 15.5. The minimum absolute atomic E-state index is 0.0318. The van der Waals surface area contributed by atoms with Crippen LogP contribution in [0.4, 0.5) is 0 Å². The Kier molecular flexibility index (Phi) is 6.36. The summed E-state index contributed by atoms with van der Waals surface area (Å²) in [4.78, 5) is 13.8. The summed E-state index contributed by atoms with van der Waals surface area (Å²) in [7, 11) is 1.91. The fraction of sp³-hybridized carbons (Fsp3) is 0.533. The molecule has 0 aromatic heterocycles. The molecule has 4 heteroatoms. The zero-order chi connectivity index (χ0) is 14.3. The van der Waals surface area contributed by atoms with Crippen LogP contribution in [0.25, 0.3) is 0 Å². The van der Waals surface area contributed by atoms with Gasteiger partial charge in [-0.3, -0.25) is 4.79 Å². The summed E-state index contributed by atoms with van der Waals surface area (Å²) in [5.74, 6) is 0.761. The van der Waals surface area contributed by atoms with Crippen LogP contribution in [0.2, 0.25) is 0 Å². The zero-order valence-electron chi connectivity index (χ0n) is 12.3. The van der Waals surface area contributed by atoms with Gasteiger partial charge in [0.2, 0.25) is 0 Å². The summed E-state index contributed by atoms with van der Waals surface area (Å²) in [6, 6.07) is 7.80. The summed E-state index contributed by atoms with van der Waals surface area (Å²) in [6.07, 6.45) is -0.449. The van der Waals surface area contributed by atoms with Crippen molar-refractivity contribution in [2.45, 2.75) is 33.4 Å². The maximum absolute atomic E-state index is 12.1. The number of carbonyl (C=O) groups excluding carboxylic acids is 1. The molecule has 1 unspecified atom stereocenters. The van der Waals surface area contributed by atoms with Crippen molar-refractivity contribution in [3.8, 4) is 5.75 Å². The normalized spacial score (nSPS) is 12.0. The SMILES string of the molecule is CCN(CC)C(=O)C(C)Oc1ccc(CNC)cc1. The van der Waals surface area contributed by atoms with E-state index < -0.39 is 6.10 Å². The lowest BCUT2D eigenvalue weighted by atomic mass is 10.2. The van der Waals surface area contributed by atoms with E-state index >= 15 is 0 Å². The number of nitrogens with one attached hydrogen (secondary N) is 1. The van der Waals surface area contributed by atoms with Gasteiger partial charge >= 0.3 is 0 Å². The highest BCUT2D eigenvalue weighted by Gasteiger charge is 2.19. The van der Waals surface area contributed by atoms with Crippen molar-refractivity contribution >= 4 is 5.91 Å². The minimum Gasteiger partial charge on any atom is -0.481 e.